The fourth-order valence-electron chi connectivity index (χ4n) is 1.46. The van der Waals surface area contributed by atoms with Crippen LogP contribution >= 0.6 is 0 Å². The van der Waals surface area contributed by atoms with E-state index in [1.807, 2.05) is 11.5 Å². The van der Waals surface area contributed by atoms with Crippen molar-refractivity contribution in [3.05, 3.63) is 35.4 Å². The Hall–Kier alpha value is -2.04. The second kappa shape index (κ2) is 3.02. The Bertz CT molecular complexity index is 403. The smallest absolute Gasteiger partial charge is 0.423 e. The van der Waals surface area contributed by atoms with Crippen LogP contribution in [0.5, 0.6) is 0 Å². The molecular weight excluding hydrogens is 184 g/mol. The molecule has 1 aliphatic rings. The first-order valence-electron chi connectivity index (χ1n) is 4.08. The third-order valence-corrected chi connectivity index (χ3v) is 2.05. The predicted octanol–water partition coefficient (Wildman–Crippen LogP) is 0.825. The van der Waals surface area contributed by atoms with Crippen molar-refractivity contribution < 1.29 is 14.7 Å². The first kappa shape index (κ1) is 8.55. The average molecular weight is 192 g/mol. The lowest BCUT2D eigenvalue weighted by atomic mass is 10.1. The summed E-state index contributed by atoms with van der Waals surface area (Å²) in [6.45, 7) is 0.293. The molecule has 0 fully saturated rings. The largest absolute Gasteiger partial charge is 0.464 e. The topological polar surface area (TPSA) is 69.6 Å². The number of nitrogens with one attached hydrogen (secondary N) is 1. The Morgan fingerprint density at radius 2 is 2.14 bits per heavy atom. The highest BCUT2D eigenvalue weighted by atomic mass is 16.4. The van der Waals surface area contributed by atoms with Gasteiger partial charge in [-0.05, 0) is 11.6 Å². The lowest BCUT2D eigenvalue weighted by molar-refractivity contribution is 0.0673. The Morgan fingerprint density at radius 3 is 2.79 bits per heavy atom. The van der Waals surface area contributed by atoms with Gasteiger partial charge >= 0.3 is 6.09 Å². The van der Waals surface area contributed by atoms with E-state index in [1.165, 1.54) is 0 Å². The molecule has 0 spiro atoms. The van der Waals surface area contributed by atoms with E-state index in [0.717, 1.165) is 10.6 Å². The van der Waals surface area contributed by atoms with E-state index in [0.29, 0.717) is 12.1 Å². The van der Waals surface area contributed by atoms with E-state index < -0.39 is 6.09 Å². The molecule has 2 rings (SSSR count). The molecule has 1 aromatic rings. The molecule has 14 heavy (non-hydrogen) atoms. The van der Waals surface area contributed by atoms with Gasteiger partial charge in [-0.15, -0.1) is 0 Å². The number of carboxylic acid groups (broad SMARTS) is 1. The quantitative estimate of drug-likeness (QED) is 0.692. The number of benzene rings is 1. The molecule has 0 saturated carbocycles. The molecule has 0 radical (unpaired) electrons. The van der Waals surface area contributed by atoms with Crippen molar-refractivity contribution in [2.45, 2.75) is 6.54 Å². The van der Waals surface area contributed by atoms with Gasteiger partial charge in [-0.25, -0.2) is 15.2 Å². The summed E-state index contributed by atoms with van der Waals surface area (Å²) < 4.78 is 0. The van der Waals surface area contributed by atoms with Gasteiger partial charge in [0, 0.05) is 5.56 Å². The van der Waals surface area contributed by atoms with Crippen molar-refractivity contribution in [3.63, 3.8) is 0 Å². The summed E-state index contributed by atoms with van der Waals surface area (Å²) in [6, 6.07) is 7.05. The van der Waals surface area contributed by atoms with Crippen molar-refractivity contribution in [2.24, 2.45) is 0 Å². The summed E-state index contributed by atoms with van der Waals surface area (Å²) >= 11 is 0. The zero-order valence-electron chi connectivity index (χ0n) is 7.23. The van der Waals surface area contributed by atoms with Crippen LogP contribution in [0, 0.1) is 0 Å². The van der Waals surface area contributed by atoms with Crippen molar-refractivity contribution >= 4 is 12.0 Å². The van der Waals surface area contributed by atoms with E-state index in [9.17, 15) is 9.59 Å². The van der Waals surface area contributed by atoms with Crippen molar-refractivity contribution in [2.75, 3.05) is 0 Å². The first-order valence-corrected chi connectivity index (χ1v) is 4.08. The predicted molar refractivity (Wildman–Crippen MR) is 47.5 cm³/mol. The maximum absolute atomic E-state index is 11.5. The van der Waals surface area contributed by atoms with Crippen LogP contribution in [-0.2, 0) is 6.54 Å². The summed E-state index contributed by atoms with van der Waals surface area (Å²) in [5.74, 6) is -0.303. The minimum atomic E-state index is -1.23. The molecule has 72 valence electrons. The van der Waals surface area contributed by atoms with E-state index in [2.05, 4.69) is 0 Å². The highest BCUT2D eigenvalue weighted by Crippen LogP contribution is 2.20. The van der Waals surface area contributed by atoms with Crippen LogP contribution in [0.25, 0.3) is 0 Å². The Balaban J connectivity index is 2.26. The maximum Gasteiger partial charge on any atom is 0.423 e. The van der Waals surface area contributed by atoms with Gasteiger partial charge < -0.3 is 5.11 Å². The number of carbonyl (C=O) groups is 2. The highest BCUT2D eigenvalue weighted by molar-refractivity contribution is 5.98. The van der Waals surface area contributed by atoms with Gasteiger partial charge in [-0.2, -0.15) is 0 Å². The number of nitrogens with zero attached hydrogens (tertiary/aromatic N) is 1. The molecule has 0 aliphatic carbocycles. The molecule has 1 aliphatic heterocycles. The van der Waals surface area contributed by atoms with E-state index >= 15 is 0 Å². The second-order valence-electron chi connectivity index (χ2n) is 2.97. The van der Waals surface area contributed by atoms with Gasteiger partial charge in [0.25, 0.3) is 5.91 Å². The molecule has 0 unspecified atom stereocenters. The third kappa shape index (κ3) is 1.28. The van der Waals surface area contributed by atoms with Gasteiger partial charge in [0.15, 0.2) is 0 Å². The number of rotatable bonds is 1. The summed E-state index contributed by atoms with van der Waals surface area (Å²) in [5.41, 5.74) is 3.43. The van der Waals surface area contributed by atoms with E-state index in [-0.39, 0.29) is 5.91 Å². The number of fused-ring (bicyclic) bond motifs is 1. The molecular formula is C9H8N2O3. The van der Waals surface area contributed by atoms with Crippen molar-refractivity contribution in [1.29, 1.82) is 0 Å². The summed E-state index contributed by atoms with van der Waals surface area (Å²) in [5, 5.41) is 9.54. The van der Waals surface area contributed by atoms with Crippen LogP contribution in [-0.4, -0.2) is 22.1 Å². The lowest BCUT2D eigenvalue weighted by Crippen LogP contribution is -2.41. The van der Waals surface area contributed by atoms with Gasteiger partial charge in [-0.3, -0.25) is 4.79 Å². The molecule has 5 nitrogen and oxygen atoms in total. The normalized spacial score (nSPS) is 14.0. The van der Waals surface area contributed by atoms with Crippen LogP contribution in [0.4, 0.5) is 4.79 Å². The fourth-order valence-corrected chi connectivity index (χ4v) is 1.46. The molecule has 0 aromatic heterocycles. The second-order valence-corrected chi connectivity index (χ2v) is 2.97. The van der Waals surface area contributed by atoms with Gasteiger partial charge in [0.2, 0.25) is 0 Å². The third-order valence-electron chi connectivity index (χ3n) is 2.05. The number of hydrogen-bond acceptors (Lipinski definition) is 2. The number of carbonyl (C=O) groups excluding carboxylic acids is 1. The molecule has 0 atom stereocenters. The summed E-state index contributed by atoms with van der Waals surface area (Å²) in [6.07, 6.45) is -1.23. The SMILES string of the molecule is O=C(O)NN1Cc2ccccc2C1=O. The zero-order valence-corrected chi connectivity index (χ0v) is 7.23. The molecule has 2 N–H and O–H groups in total. The molecule has 1 aromatic carbocycles. The number of amides is 2. The fraction of sp³-hybridized carbons (Fsp3) is 0.111. The minimum Gasteiger partial charge on any atom is -0.464 e. The van der Waals surface area contributed by atoms with Gasteiger partial charge in [-0.1, -0.05) is 18.2 Å². The Labute approximate surface area is 79.9 Å². The molecule has 2 amide bonds. The van der Waals surface area contributed by atoms with Crippen molar-refractivity contribution in [3.8, 4) is 0 Å². The summed E-state index contributed by atoms with van der Waals surface area (Å²) in [7, 11) is 0. The van der Waals surface area contributed by atoms with Crippen LogP contribution in [0.3, 0.4) is 0 Å². The van der Waals surface area contributed by atoms with Crippen LogP contribution in [0.1, 0.15) is 15.9 Å². The monoisotopic (exact) mass is 192 g/mol. The van der Waals surface area contributed by atoms with E-state index in [4.69, 9.17) is 5.11 Å². The van der Waals surface area contributed by atoms with E-state index in [1.54, 1.807) is 18.2 Å². The van der Waals surface area contributed by atoms with Crippen LogP contribution < -0.4 is 5.43 Å². The van der Waals surface area contributed by atoms with Gasteiger partial charge in [0.1, 0.15) is 0 Å². The average Bonchev–Trinajstić information content (AvgIpc) is 2.44. The molecule has 0 bridgehead atoms. The Morgan fingerprint density at radius 1 is 1.43 bits per heavy atom. The lowest BCUT2D eigenvalue weighted by Gasteiger charge is -2.13. The highest BCUT2D eigenvalue weighted by Gasteiger charge is 2.27. The minimum absolute atomic E-state index is 0.293. The van der Waals surface area contributed by atoms with Crippen molar-refractivity contribution in [1.82, 2.24) is 10.4 Å². The number of hydrazine groups is 1. The Kier molecular flexibility index (Phi) is 1.85. The first-order chi connectivity index (χ1) is 6.68. The van der Waals surface area contributed by atoms with Crippen LogP contribution in [0.2, 0.25) is 0 Å². The van der Waals surface area contributed by atoms with Gasteiger partial charge in [0.05, 0.1) is 6.54 Å². The maximum atomic E-state index is 11.5. The molecule has 1 heterocycles. The molecule has 5 heteroatoms. The zero-order chi connectivity index (χ0) is 10.1. The standard InChI is InChI=1S/C9H8N2O3/c12-8-7-4-2-1-3-6(7)5-11(8)10-9(13)14/h1-4,10H,5H2,(H,13,14). The summed E-state index contributed by atoms with van der Waals surface area (Å²) in [4.78, 5) is 21.9. The molecule has 0 saturated heterocycles. The van der Waals surface area contributed by atoms with Crippen LogP contribution in [0.15, 0.2) is 24.3 Å². The number of hydrogen-bond donors (Lipinski definition) is 2.